The average Bonchev–Trinajstić information content (AvgIpc) is 2.80. The summed E-state index contributed by atoms with van der Waals surface area (Å²) in [6, 6.07) is -1.33. The van der Waals surface area contributed by atoms with Gasteiger partial charge in [0.25, 0.3) is 0 Å². The first kappa shape index (κ1) is 14.6. The number of nitrogens with zero attached hydrogens (tertiary/aromatic N) is 4. The number of carbonyl (C=O) groups is 2. The predicted octanol–water partition coefficient (Wildman–Crippen LogP) is 0.446. The molecule has 9 nitrogen and oxygen atoms in total. The second kappa shape index (κ2) is 5.65. The van der Waals surface area contributed by atoms with Crippen molar-refractivity contribution in [2.75, 3.05) is 13.2 Å². The lowest BCUT2D eigenvalue weighted by molar-refractivity contribution is -0.143. The van der Waals surface area contributed by atoms with Gasteiger partial charge in [0.1, 0.15) is 12.3 Å². The van der Waals surface area contributed by atoms with Gasteiger partial charge in [0.15, 0.2) is 6.04 Å². The fourth-order valence-corrected chi connectivity index (χ4v) is 2.15. The molecular formula is C12H14N4O5. The molecule has 112 valence electrons. The van der Waals surface area contributed by atoms with Crippen molar-refractivity contribution in [3.8, 4) is 0 Å². The number of hydrogen-bond donors (Lipinski definition) is 2. The third-order valence-corrected chi connectivity index (χ3v) is 3.03. The smallest absolute Gasteiger partial charge is 0.408 e. The molecule has 0 fully saturated rings. The first-order chi connectivity index (χ1) is 9.97. The second-order valence-electron chi connectivity index (χ2n) is 4.34. The van der Waals surface area contributed by atoms with Crippen LogP contribution in [0.1, 0.15) is 17.3 Å². The number of carboxylic acid groups (broad SMARTS) is 2. The lowest BCUT2D eigenvalue weighted by atomic mass is 9.98. The number of rotatable bonds is 4. The van der Waals surface area contributed by atoms with E-state index in [-0.39, 0.29) is 18.8 Å². The molecule has 1 aromatic rings. The summed E-state index contributed by atoms with van der Waals surface area (Å²) in [7, 11) is 1.54. The normalized spacial score (nSPS) is 19.2. The Balaban J connectivity index is 2.51. The summed E-state index contributed by atoms with van der Waals surface area (Å²) in [5.74, 6) is -1.27. The van der Waals surface area contributed by atoms with Gasteiger partial charge in [-0.3, -0.25) is 9.58 Å². The molecule has 2 rings (SSSR count). The number of aryl methyl sites for hydroxylation is 1. The van der Waals surface area contributed by atoms with Crippen LogP contribution in [0.2, 0.25) is 0 Å². The molecule has 0 aliphatic carbocycles. The van der Waals surface area contributed by atoms with Crippen molar-refractivity contribution in [1.82, 2.24) is 14.7 Å². The number of fused-ring (bicyclic) bond motifs is 1. The van der Waals surface area contributed by atoms with E-state index in [2.05, 4.69) is 16.8 Å². The molecule has 0 radical (unpaired) electrons. The van der Waals surface area contributed by atoms with E-state index in [0.717, 1.165) is 4.90 Å². The average molecular weight is 294 g/mol. The molecule has 1 aliphatic heterocycles. The Morgan fingerprint density at radius 3 is 2.90 bits per heavy atom. The number of carboxylic acids is 1. The Kier molecular flexibility index (Phi) is 3.92. The van der Waals surface area contributed by atoms with E-state index in [0.29, 0.717) is 11.3 Å². The van der Waals surface area contributed by atoms with Crippen molar-refractivity contribution in [2.24, 2.45) is 12.2 Å². The molecule has 0 saturated carbocycles. The van der Waals surface area contributed by atoms with Gasteiger partial charge in [-0.1, -0.05) is 17.8 Å². The van der Waals surface area contributed by atoms with Crippen LogP contribution in [0.25, 0.3) is 0 Å². The minimum absolute atomic E-state index is 0.161. The Morgan fingerprint density at radius 1 is 1.62 bits per heavy atom. The van der Waals surface area contributed by atoms with E-state index in [1.165, 1.54) is 17.0 Å². The monoisotopic (exact) mass is 294 g/mol. The summed E-state index contributed by atoms with van der Waals surface area (Å²) in [4.78, 5) is 28.5. The van der Waals surface area contributed by atoms with E-state index >= 15 is 0 Å². The van der Waals surface area contributed by atoms with Crippen molar-refractivity contribution in [2.45, 2.75) is 6.04 Å². The SMILES string of the molecule is C=CCON=C1CN(C(=O)O)C(C(=O)O)c2c1cnn2C. The van der Waals surface area contributed by atoms with E-state index < -0.39 is 18.1 Å². The zero-order chi connectivity index (χ0) is 15.6. The maximum atomic E-state index is 11.4. The molecule has 9 heteroatoms. The van der Waals surface area contributed by atoms with Crippen molar-refractivity contribution in [3.63, 3.8) is 0 Å². The first-order valence-corrected chi connectivity index (χ1v) is 6.01. The highest BCUT2D eigenvalue weighted by molar-refractivity contribution is 6.06. The number of aromatic nitrogens is 2. The quantitative estimate of drug-likeness (QED) is 0.473. The van der Waals surface area contributed by atoms with Crippen molar-refractivity contribution in [1.29, 1.82) is 0 Å². The van der Waals surface area contributed by atoms with Crippen LogP contribution >= 0.6 is 0 Å². The molecule has 0 spiro atoms. The van der Waals surface area contributed by atoms with Gasteiger partial charge in [-0.2, -0.15) is 5.10 Å². The van der Waals surface area contributed by atoms with E-state index in [1.54, 1.807) is 7.05 Å². The summed E-state index contributed by atoms with van der Waals surface area (Å²) in [6.45, 7) is 3.45. The molecule has 2 N–H and O–H groups in total. The van der Waals surface area contributed by atoms with Gasteiger partial charge >= 0.3 is 12.1 Å². The standard InChI is InChI=1S/C12H14N4O5/c1-3-4-21-14-8-6-16(12(19)20)10(11(17)18)9-7(8)5-13-15(9)2/h3,5,10H,1,4,6H2,2H3,(H,17,18)(H,19,20). The molecule has 1 atom stereocenters. The topological polar surface area (TPSA) is 117 Å². The van der Waals surface area contributed by atoms with Crippen LogP contribution in [-0.2, 0) is 16.7 Å². The Labute approximate surface area is 119 Å². The van der Waals surface area contributed by atoms with Crippen molar-refractivity contribution in [3.05, 3.63) is 30.1 Å². The highest BCUT2D eigenvalue weighted by Crippen LogP contribution is 2.30. The fraction of sp³-hybridized carbons (Fsp3) is 0.333. The maximum Gasteiger partial charge on any atom is 0.408 e. The molecule has 1 aliphatic rings. The van der Waals surface area contributed by atoms with Crippen LogP contribution in [0.15, 0.2) is 24.0 Å². The Morgan fingerprint density at radius 2 is 2.33 bits per heavy atom. The second-order valence-corrected chi connectivity index (χ2v) is 4.34. The first-order valence-electron chi connectivity index (χ1n) is 6.01. The van der Waals surface area contributed by atoms with Gasteiger partial charge in [0, 0.05) is 12.6 Å². The van der Waals surface area contributed by atoms with Gasteiger partial charge in [0.05, 0.1) is 18.4 Å². The van der Waals surface area contributed by atoms with Gasteiger partial charge in [0.2, 0.25) is 0 Å². The van der Waals surface area contributed by atoms with Gasteiger partial charge in [-0.05, 0) is 0 Å². The third kappa shape index (κ3) is 2.57. The molecule has 0 saturated heterocycles. The highest BCUT2D eigenvalue weighted by atomic mass is 16.6. The highest BCUT2D eigenvalue weighted by Gasteiger charge is 2.41. The van der Waals surface area contributed by atoms with Crippen LogP contribution in [-0.4, -0.2) is 55.8 Å². The van der Waals surface area contributed by atoms with Crippen LogP contribution in [0.3, 0.4) is 0 Å². The number of aliphatic carboxylic acids is 1. The molecule has 21 heavy (non-hydrogen) atoms. The number of amides is 1. The molecular weight excluding hydrogens is 280 g/mol. The summed E-state index contributed by atoms with van der Waals surface area (Å²) in [5, 5.41) is 26.4. The van der Waals surface area contributed by atoms with Gasteiger partial charge < -0.3 is 15.1 Å². The summed E-state index contributed by atoms with van der Waals surface area (Å²) >= 11 is 0. The molecule has 1 amide bonds. The van der Waals surface area contributed by atoms with Crippen molar-refractivity contribution >= 4 is 17.8 Å². The Hall–Kier alpha value is -2.84. The van der Waals surface area contributed by atoms with E-state index in [1.807, 2.05) is 0 Å². The Bertz CT molecular complexity index is 621. The zero-order valence-electron chi connectivity index (χ0n) is 11.3. The van der Waals surface area contributed by atoms with Crippen LogP contribution in [0.4, 0.5) is 4.79 Å². The molecule has 1 unspecified atom stereocenters. The van der Waals surface area contributed by atoms with Crippen molar-refractivity contribution < 1.29 is 24.6 Å². The molecule has 0 aromatic carbocycles. The third-order valence-electron chi connectivity index (χ3n) is 3.03. The van der Waals surface area contributed by atoms with Crippen LogP contribution in [0, 0.1) is 0 Å². The maximum absolute atomic E-state index is 11.4. The van der Waals surface area contributed by atoms with E-state index in [4.69, 9.17) is 4.84 Å². The molecule has 2 heterocycles. The number of oxime groups is 1. The molecule has 0 bridgehead atoms. The van der Waals surface area contributed by atoms with Crippen LogP contribution in [0.5, 0.6) is 0 Å². The zero-order valence-corrected chi connectivity index (χ0v) is 11.3. The van der Waals surface area contributed by atoms with Crippen LogP contribution < -0.4 is 0 Å². The molecule has 1 aromatic heterocycles. The fourth-order valence-electron chi connectivity index (χ4n) is 2.15. The summed E-state index contributed by atoms with van der Waals surface area (Å²) in [5.41, 5.74) is 1.02. The predicted molar refractivity (Wildman–Crippen MR) is 71.0 cm³/mol. The van der Waals surface area contributed by atoms with Gasteiger partial charge in [-0.25, -0.2) is 9.59 Å². The minimum atomic E-state index is -1.36. The number of hydrogen-bond acceptors (Lipinski definition) is 5. The lowest BCUT2D eigenvalue weighted by Gasteiger charge is -2.31. The lowest BCUT2D eigenvalue weighted by Crippen LogP contribution is -2.46. The largest absolute Gasteiger partial charge is 0.479 e. The summed E-state index contributed by atoms with van der Waals surface area (Å²) < 4.78 is 1.33. The minimum Gasteiger partial charge on any atom is -0.479 e. The van der Waals surface area contributed by atoms with Gasteiger partial charge in [-0.15, -0.1) is 0 Å². The van der Waals surface area contributed by atoms with E-state index in [9.17, 15) is 19.8 Å². The summed E-state index contributed by atoms with van der Waals surface area (Å²) in [6.07, 6.45) is 1.58.